The van der Waals surface area contributed by atoms with E-state index in [9.17, 15) is 4.79 Å². The van der Waals surface area contributed by atoms with E-state index in [4.69, 9.17) is 0 Å². The Morgan fingerprint density at radius 1 is 1.75 bits per heavy atom. The van der Waals surface area contributed by atoms with Crippen LogP contribution in [-0.2, 0) is 4.79 Å². The van der Waals surface area contributed by atoms with Crippen LogP contribution in [-0.4, -0.2) is 16.2 Å². The van der Waals surface area contributed by atoms with Gasteiger partial charge in [0.15, 0.2) is 0 Å². The van der Waals surface area contributed by atoms with Gasteiger partial charge < -0.3 is 4.84 Å². The molecule has 0 unspecified atom stereocenters. The molecule has 4 nitrogen and oxygen atoms in total. The lowest BCUT2D eigenvalue weighted by molar-refractivity contribution is -0.129. The third-order valence-electron chi connectivity index (χ3n) is 0.645. The quantitative estimate of drug-likeness (QED) is 0.483. The van der Waals surface area contributed by atoms with Crippen molar-refractivity contribution in [3.05, 3.63) is 18.7 Å². The maximum Gasteiger partial charge on any atom is 0.321 e. The maximum atomic E-state index is 9.60. The zero-order valence-electron chi connectivity index (χ0n) is 4.02. The van der Waals surface area contributed by atoms with Crippen LogP contribution in [0.2, 0.25) is 0 Å². The van der Waals surface area contributed by atoms with Crippen molar-refractivity contribution in [1.29, 1.82) is 0 Å². The standard InChI is InChI=1S/C4H4N2O2/c7-4-8-6-2-1-5-3-6/h1-4H. The number of hydrogen-bond acceptors (Lipinski definition) is 3. The molecule has 1 rings (SSSR count). The minimum Gasteiger partial charge on any atom is -0.339 e. The molecular formula is C4H4N2O2. The minimum absolute atomic E-state index is 0.335. The SMILES string of the molecule is O=COn1ccnc1. The Hall–Kier alpha value is -1.32. The summed E-state index contributed by atoms with van der Waals surface area (Å²) < 4.78 is 1.20. The van der Waals surface area contributed by atoms with E-state index in [0.717, 1.165) is 0 Å². The summed E-state index contributed by atoms with van der Waals surface area (Å²) in [6.07, 6.45) is 4.42. The molecule has 0 radical (unpaired) electrons. The molecule has 8 heavy (non-hydrogen) atoms. The molecule has 42 valence electrons. The van der Waals surface area contributed by atoms with Crippen LogP contribution >= 0.6 is 0 Å². The van der Waals surface area contributed by atoms with Gasteiger partial charge in [0.1, 0.15) is 6.33 Å². The van der Waals surface area contributed by atoms with Crippen molar-refractivity contribution in [3.63, 3.8) is 0 Å². The van der Waals surface area contributed by atoms with Crippen molar-refractivity contribution >= 4 is 6.47 Å². The van der Waals surface area contributed by atoms with Crippen LogP contribution in [0.15, 0.2) is 18.7 Å². The predicted molar refractivity (Wildman–Crippen MR) is 24.9 cm³/mol. The molecule has 0 aromatic carbocycles. The summed E-state index contributed by atoms with van der Waals surface area (Å²) in [7, 11) is 0. The highest BCUT2D eigenvalue weighted by molar-refractivity contribution is 5.37. The molecule has 1 aromatic heterocycles. The first-order chi connectivity index (χ1) is 3.93. The van der Waals surface area contributed by atoms with Crippen LogP contribution in [0.25, 0.3) is 0 Å². The Morgan fingerprint density at radius 3 is 3.12 bits per heavy atom. The fourth-order valence-electron chi connectivity index (χ4n) is 0.359. The van der Waals surface area contributed by atoms with E-state index in [1.165, 1.54) is 23.5 Å². The summed E-state index contributed by atoms with van der Waals surface area (Å²) in [6.45, 7) is 0.335. The summed E-state index contributed by atoms with van der Waals surface area (Å²) in [5, 5.41) is 0. The lowest BCUT2D eigenvalue weighted by Gasteiger charge is -1.90. The van der Waals surface area contributed by atoms with Gasteiger partial charge in [-0.1, -0.05) is 0 Å². The van der Waals surface area contributed by atoms with Crippen LogP contribution in [0.4, 0.5) is 0 Å². The highest BCUT2D eigenvalue weighted by Crippen LogP contribution is 1.75. The monoisotopic (exact) mass is 112 g/mol. The number of carbonyl (C=O) groups excluding carboxylic acids is 1. The zero-order chi connectivity index (χ0) is 5.82. The van der Waals surface area contributed by atoms with Crippen molar-refractivity contribution in [1.82, 2.24) is 9.71 Å². The van der Waals surface area contributed by atoms with E-state index < -0.39 is 0 Å². The first-order valence-corrected chi connectivity index (χ1v) is 2.02. The third-order valence-corrected chi connectivity index (χ3v) is 0.645. The van der Waals surface area contributed by atoms with Gasteiger partial charge in [-0.3, -0.25) is 4.79 Å². The molecule has 0 saturated carbocycles. The molecule has 0 aliphatic heterocycles. The summed E-state index contributed by atoms with van der Waals surface area (Å²) in [4.78, 5) is 17.5. The van der Waals surface area contributed by atoms with Gasteiger partial charge in [0, 0.05) is 6.20 Å². The topological polar surface area (TPSA) is 44.1 Å². The highest BCUT2D eigenvalue weighted by Gasteiger charge is 1.81. The van der Waals surface area contributed by atoms with E-state index in [2.05, 4.69) is 9.82 Å². The molecule has 1 heterocycles. The van der Waals surface area contributed by atoms with E-state index in [0.29, 0.717) is 6.47 Å². The highest BCUT2D eigenvalue weighted by atomic mass is 16.7. The van der Waals surface area contributed by atoms with Gasteiger partial charge in [0.25, 0.3) is 0 Å². The molecule has 0 bridgehead atoms. The first kappa shape index (κ1) is 4.83. The molecule has 0 amide bonds. The normalized spacial score (nSPS) is 8.50. The second-order valence-electron chi connectivity index (χ2n) is 1.12. The van der Waals surface area contributed by atoms with Crippen molar-refractivity contribution in [2.24, 2.45) is 0 Å². The average molecular weight is 112 g/mol. The predicted octanol–water partition coefficient (Wildman–Crippen LogP) is -0.532. The van der Waals surface area contributed by atoms with Crippen LogP contribution < -0.4 is 4.84 Å². The smallest absolute Gasteiger partial charge is 0.321 e. The summed E-state index contributed by atoms with van der Waals surface area (Å²) in [5.74, 6) is 0. The van der Waals surface area contributed by atoms with E-state index in [1.54, 1.807) is 0 Å². The average Bonchev–Trinajstić information content (AvgIpc) is 2.19. The molecule has 0 aliphatic rings. The van der Waals surface area contributed by atoms with Gasteiger partial charge in [0.05, 0.1) is 6.20 Å². The largest absolute Gasteiger partial charge is 0.339 e. The molecule has 4 heteroatoms. The summed E-state index contributed by atoms with van der Waals surface area (Å²) in [5.41, 5.74) is 0. The van der Waals surface area contributed by atoms with Gasteiger partial charge in [-0.25, -0.2) is 4.98 Å². The Balaban J connectivity index is 2.62. The van der Waals surface area contributed by atoms with Gasteiger partial charge in [-0.2, -0.15) is 4.73 Å². The summed E-state index contributed by atoms with van der Waals surface area (Å²) >= 11 is 0. The molecule has 0 fully saturated rings. The van der Waals surface area contributed by atoms with Crippen LogP contribution in [0.5, 0.6) is 0 Å². The van der Waals surface area contributed by atoms with Crippen LogP contribution in [0.1, 0.15) is 0 Å². The zero-order valence-corrected chi connectivity index (χ0v) is 4.02. The molecule has 0 N–H and O–H groups in total. The summed E-state index contributed by atoms with van der Waals surface area (Å²) in [6, 6.07) is 0. The Labute approximate surface area is 45.7 Å². The molecule has 1 aromatic rings. The van der Waals surface area contributed by atoms with E-state index in [-0.39, 0.29) is 0 Å². The molecular weight excluding hydrogens is 108 g/mol. The number of imidazole rings is 1. The van der Waals surface area contributed by atoms with Gasteiger partial charge in [0.2, 0.25) is 0 Å². The lowest BCUT2D eigenvalue weighted by Crippen LogP contribution is -2.04. The Bertz CT molecular complexity index is 159. The number of rotatable bonds is 2. The van der Waals surface area contributed by atoms with Gasteiger partial charge in [-0.05, 0) is 0 Å². The molecule has 0 aliphatic carbocycles. The second-order valence-corrected chi connectivity index (χ2v) is 1.12. The van der Waals surface area contributed by atoms with E-state index in [1.807, 2.05) is 0 Å². The van der Waals surface area contributed by atoms with Crippen molar-refractivity contribution in [3.8, 4) is 0 Å². The first-order valence-electron chi connectivity index (χ1n) is 2.02. The van der Waals surface area contributed by atoms with Crippen molar-refractivity contribution in [2.45, 2.75) is 0 Å². The Morgan fingerprint density at radius 2 is 2.62 bits per heavy atom. The van der Waals surface area contributed by atoms with Crippen LogP contribution in [0, 0.1) is 0 Å². The Kier molecular flexibility index (Phi) is 1.27. The maximum absolute atomic E-state index is 9.60. The lowest BCUT2D eigenvalue weighted by atomic mass is 11.0. The number of carbonyl (C=O) groups is 1. The third kappa shape index (κ3) is 0.841. The van der Waals surface area contributed by atoms with Crippen LogP contribution in [0.3, 0.4) is 0 Å². The number of nitrogens with zero attached hydrogens (tertiary/aromatic N) is 2. The number of hydrogen-bond donors (Lipinski definition) is 0. The number of aromatic nitrogens is 2. The fourth-order valence-corrected chi connectivity index (χ4v) is 0.359. The molecule has 0 spiro atoms. The van der Waals surface area contributed by atoms with E-state index >= 15 is 0 Å². The van der Waals surface area contributed by atoms with Crippen molar-refractivity contribution < 1.29 is 9.63 Å². The second kappa shape index (κ2) is 2.11. The van der Waals surface area contributed by atoms with Crippen molar-refractivity contribution in [2.75, 3.05) is 0 Å². The van der Waals surface area contributed by atoms with Gasteiger partial charge in [-0.15, -0.1) is 0 Å². The molecule has 0 atom stereocenters. The van der Waals surface area contributed by atoms with Gasteiger partial charge >= 0.3 is 6.47 Å². The fraction of sp³-hybridized carbons (Fsp3) is 0. The molecule has 0 saturated heterocycles. The minimum atomic E-state index is 0.335.